The van der Waals surface area contributed by atoms with E-state index in [1.54, 1.807) is 11.8 Å². The van der Waals surface area contributed by atoms with E-state index in [1.165, 1.54) is 11.8 Å². The Balaban J connectivity index is 1.39. The topological polar surface area (TPSA) is 86.4 Å². The van der Waals surface area contributed by atoms with Gasteiger partial charge in [0.05, 0.1) is 5.41 Å². The van der Waals surface area contributed by atoms with Crippen molar-refractivity contribution in [1.29, 1.82) is 0 Å². The lowest BCUT2D eigenvalue weighted by molar-refractivity contribution is -0.145. The zero-order valence-electron chi connectivity index (χ0n) is 17.4. The summed E-state index contributed by atoms with van der Waals surface area (Å²) >= 11 is 0. The molecule has 1 spiro atoms. The number of hydrogen-bond acceptors (Lipinski definition) is 4. The number of likely N-dealkylation sites (tertiary alicyclic amines) is 2. The van der Waals surface area contributed by atoms with Gasteiger partial charge in [0.25, 0.3) is 11.5 Å². The van der Waals surface area contributed by atoms with E-state index < -0.39 is 11.0 Å². The number of nitrogens with one attached hydrogen (secondary N) is 1. The Kier molecular flexibility index (Phi) is 5.70. The maximum atomic E-state index is 13.3. The third kappa shape index (κ3) is 4.01. The fourth-order valence-corrected chi connectivity index (χ4v) is 4.72. The van der Waals surface area contributed by atoms with Crippen molar-refractivity contribution >= 4 is 11.8 Å². The van der Waals surface area contributed by atoms with Crippen molar-refractivity contribution in [3.8, 4) is 0 Å². The maximum absolute atomic E-state index is 13.3. The zero-order valence-corrected chi connectivity index (χ0v) is 17.4. The lowest BCUT2D eigenvalue weighted by Crippen LogP contribution is -2.50. The molecular weight excluding hydrogens is 380 g/mol. The average Bonchev–Trinajstić information content (AvgIpc) is 3.17. The van der Waals surface area contributed by atoms with Gasteiger partial charge in [-0.3, -0.25) is 14.4 Å². The van der Waals surface area contributed by atoms with Gasteiger partial charge in [0, 0.05) is 32.4 Å². The minimum Gasteiger partial charge on any atom is -0.342 e. The Morgan fingerprint density at radius 3 is 2.73 bits per heavy atom. The number of H-pyrrole nitrogens is 1. The van der Waals surface area contributed by atoms with E-state index in [0.717, 1.165) is 38.8 Å². The molecule has 0 bridgehead atoms. The van der Waals surface area contributed by atoms with Crippen LogP contribution in [-0.2, 0) is 11.2 Å². The third-order valence-corrected chi connectivity index (χ3v) is 6.36. The number of amides is 2. The summed E-state index contributed by atoms with van der Waals surface area (Å²) in [5.41, 5.74) is 0.392. The van der Waals surface area contributed by atoms with Crippen molar-refractivity contribution in [2.75, 3.05) is 26.2 Å². The Bertz CT molecular complexity index is 987. The second kappa shape index (κ2) is 8.42. The van der Waals surface area contributed by atoms with E-state index in [4.69, 9.17) is 0 Å². The zero-order chi connectivity index (χ0) is 21.1. The molecule has 3 heterocycles. The van der Waals surface area contributed by atoms with Gasteiger partial charge in [-0.15, -0.1) is 0 Å². The van der Waals surface area contributed by atoms with Crippen LogP contribution in [0.25, 0.3) is 0 Å². The quantitative estimate of drug-likeness (QED) is 0.822. The molecule has 4 rings (SSSR count). The van der Waals surface area contributed by atoms with E-state index in [-0.39, 0.29) is 17.4 Å². The van der Waals surface area contributed by atoms with Crippen LogP contribution < -0.4 is 5.56 Å². The number of aromatic amines is 1. The molecule has 2 aromatic rings. The van der Waals surface area contributed by atoms with Crippen molar-refractivity contribution in [2.45, 2.75) is 39.0 Å². The molecule has 30 heavy (non-hydrogen) atoms. The summed E-state index contributed by atoms with van der Waals surface area (Å²) in [5, 5.41) is 0. The monoisotopic (exact) mass is 408 g/mol. The highest BCUT2D eigenvalue weighted by atomic mass is 16.2. The molecule has 0 radical (unpaired) electrons. The number of aryl methyl sites for hydroxylation is 2. The summed E-state index contributed by atoms with van der Waals surface area (Å²) in [4.78, 5) is 48.6. The molecule has 0 unspecified atom stereocenters. The highest BCUT2D eigenvalue weighted by Gasteiger charge is 2.49. The molecule has 1 aromatic carbocycles. The number of piperidine rings is 1. The molecular formula is C23H28N4O3. The first-order valence-corrected chi connectivity index (χ1v) is 10.7. The molecule has 1 atom stereocenters. The van der Waals surface area contributed by atoms with Crippen LogP contribution in [0.1, 0.15) is 47.4 Å². The molecule has 7 nitrogen and oxygen atoms in total. The van der Waals surface area contributed by atoms with Gasteiger partial charge < -0.3 is 14.8 Å². The van der Waals surface area contributed by atoms with Gasteiger partial charge in [-0.2, -0.15) is 0 Å². The highest BCUT2D eigenvalue weighted by Crippen LogP contribution is 2.40. The summed E-state index contributed by atoms with van der Waals surface area (Å²) in [7, 11) is 0. The van der Waals surface area contributed by atoms with Gasteiger partial charge >= 0.3 is 0 Å². The van der Waals surface area contributed by atoms with Crippen molar-refractivity contribution in [3.05, 3.63) is 63.8 Å². The van der Waals surface area contributed by atoms with Crippen LogP contribution in [0.2, 0.25) is 0 Å². The van der Waals surface area contributed by atoms with Gasteiger partial charge in [-0.1, -0.05) is 30.3 Å². The van der Waals surface area contributed by atoms with Gasteiger partial charge in [0.15, 0.2) is 0 Å². The number of hydrogen-bond donors (Lipinski definition) is 1. The van der Waals surface area contributed by atoms with E-state index in [1.807, 2.05) is 23.1 Å². The van der Waals surface area contributed by atoms with Crippen LogP contribution in [0.3, 0.4) is 0 Å². The molecule has 7 heteroatoms. The predicted octanol–water partition coefficient (Wildman–Crippen LogP) is 2.17. The Hall–Kier alpha value is -2.96. The number of nitrogens with zero attached hydrogens (tertiary/aromatic N) is 3. The normalized spacial score (nSPS) is 21.4. The van der Waals surface area contributed by atoms with Crippen molar-refractivity contribution in [2.24, 2.45) is 5.41 Å². The van der Waals surface area contributed by atoms with Crippen LogP contribution in [0.4, 0.5) is 0 Å². The number of aromatic nitrogens is 2. The summed E-state index contributed by atoms with van der Waals surface area (Å²) < 4.78 is 0. The largest absolute Gasteiger partial charge is 0.342 e. The van der Waals surface area contributed by atoms with Crippen molar-refractivity contribution < 1.29 is 9.59 Å². The second-order valence-corrected chi connectivity index (χ2v) is 8.45. The molecule has 2 aliphatic heterocycles. The first-order valence-electron chi connectivity index (χ1n) is 10.7. The summed E-state index contributed by atoms with van der Waals surface area (Å²) in [6, 6.07) is 10.3. The van der Waals surface area contributed by atoms with Crippen LogP contribution in [-0.4, -0.2) is 57.8 Å². The van der Waals surface area contributed by atoms with E-state index in [2.05, 4.69) is 22.1 Å². The number of carbonyl (C=O) groups is 2. The molecule has 2 fully saturated rings. The van der Waals surface area contributed by atoms with E-state index in [0.29, 0.717) is 25.3 Å². The van der Waals surface area contributed by atoms with Gasteiger partial charge in [-0.05, 0) is 44.6 Å². The molecule has 0 aliphatic carbocycles. The van der Waals surface area contributed by atoms with Gasteiger partial charge in [0.1, 0.15) is 11.4 Å². The van der Waals surface area contributed by atoms with Gasteiger partial charge in [-0.25, -0.2) is 4.98 Å². The van der Waals surface area contributed by atoms with Crippen LogP contribution in [0.5, 0.6) is 0 Å². The number of rotatable bonds is 5. The smallest absolute Gasteiger partial charge is 0.263 e. The molecule has 2 aliphatic rings. The Morgan fingerprint density at radius 2 is 1.97 bits per heavy atom. The Morgan fingerprint density at radius 1 is 1.17 bits per heavy atom. The molecule has 2 amide bonds. The number of benzene rings is 1. The van der Waals surface area contributed by atoms with Gasteiger partial charge in [0.2, 0.25) is 5.91 Å². The minimum atomic E-state index is -0.508. The average molecular weight is 409 g/mol. The minimum absolute atomic E-state index is 0.0422. The van der Waals surface area contributed by atoms with Crippen molar-refractivity contribution in [3.63, 3.8) is 0 Å². The van der Waals surface area contributed by atoms with E-state index >= 15 is 0 Å². The number of carbonyl (C=O) groups excluding carboxylic acids is 2. The molecule has 1 N–H and O–H groups in total. The maximum Gasteiger partial charge on any atom is 0.263 e. The van der Waals surface area contributed by atoms with Crippen LogP contribution in [0, 0.1) is 12.3 Å². The molecule has 2 saturated heterocycles. The summed E-state index contributed by atoms with van der Waals surface area (Å²) in [6.07, 6.45) is 5.62. The first-order chi connectivity index (χ1) is 14.5. The van der Waals surface area contributed by atoms with Crippen molar-refractivity contribution in [1.82, 2.24) is 19.8 Å². The second-order valence-electron chi connectivity index (χ2n) is 8.45. The fourth-order valence-electron chi connectivity index (χ4n) is 4.72. The SMILES string of the molecule is Cc1ncc(C(=O)N2CC[C@]3(CCCN(CCCc4ccccc4)C3=O)C2)c(=O)[nH]1. The lowest BCUT2D eigenvalue weighted by Gasteiger charge is -2.39. The Labute approximate surface area is 176 Å². The third-order valence-electron chi connectivity index (χ3n) is 6.36. The lowest BCUT2D eigenvalue weighted by atomic mass is 9.78. The summed E-state index contributed by atoms with van der Waals surface area (Å²) in [6.45, 7) is 4.08. The predicted molar refractivity (Wildman–Crippen MR) is 113 cm³/mol. The summed E-state index contributed by atoms with van der Waals surface area (Å²) in [5.74, 6) is 0.297. The standard InChI is InChI=1S/C23H28N4O3/c1-17-24-15-19(20(28)25-17)21(29)27-14-11-23(16-27)10-6-13-26(22(23)30)12-5-9-18-7-3-2-4-8-18/h2-4,7-8,15H,5-6,9-14,16H2,1H3,(H,24,25,28)/t23-/m1/s1. The van der Waals surface area contributed by atoms with E-state index in [9.17, 15) is 14.4 Å². The van der Waals surface area contributed by atoms with Crippen LogP contribution in [0.15, 0.2) is 41.3 Å². The molecule has 0 saturated carbocycles. The first kappa shape index (κ1) is 20.3. The van der Waals surface area contributed by atoms with Crippen LogP contribution >= 0.6 is 0 Å². The molecule has 1 aromatic heterocycles. The highest BCUT2D eigenvalue weighted by molar-refractivity contribution is 5.95. The molecule has 158 valence electrons. The fraction of sp³-hybridized carbons (Fsp3) is 0.478.